The van der Waals surface area contributed by atoms with Gasteiger partial charge >= 0.3 is 0 Å². The number of sulfone groups is 1. The summed E-state index contributed by atoms with van der Waals surface area (Å²) in [5.41, 5.74) is 2.14. The van der Waals surface area contributed by atoms with Gasteiger partial charge in [0.2, 0.25) is 0 Å². The zero-order chi connectivity index (χ0) is 15.0. The molecule has 1 saturated carbocycles. The summed E-state index contributed by atoms with van der Waals surface area (Å²) in [5.74, 6) is 0.132. The number of nitrogens with zero attached hydrogens (tertiary/aromatic N) is 2. The minimum atomic E-state index is -3.09. The van der Waals surface area contributed by atoms with Crippen LogP contribution in [0.15, 0.2) is 6.20 Å². The van der Waals surface area contributed by atoms with Gasteiger partial charge in [0.25, 0.3) is 0 Å². The molecule has 0 amide bonds. The normalized spacial score (nSPS) is 16.6. The van der Waals surface area contributed by atoms with Crippen molar-refractivity contribution in [3.8, 4) is 0 Å². The van der Waals surface area contributed by atoms with Crippen LogP contribution in [0.25, 0.3) is 0 Å². The molecular formula is C14H25N3O2S. The lowest BCUT2D eigenvalue weighted by Crippen LogP contribution is -2.32. The molecular weight excluding hydrogens is 274 g/mol. The maximum Gasteiger partial charge on any atom is 0.157 e. The predicted octanol–water partition coefficient (Wildman–Crippen LogP) is 1.66. The molecule has 0 atom stereocenters. The Balaban J connectivity index is 1.94. The van der Waals surface area contributed by atoms with Gasteiger partial charge in [-0.15, -0.1) is 0 Å². The zero-order valence-corrected chi connectivity index (χ0v) is 13.6. The van der Waals surface area contributed by atoms with Gasteiger partial charge in [-0.3, -0.25) is 4.68 Å². The van der Waals surface area contributed by atoms with E-state index in [0.29, 0.717) is 12.6 Å². The highest BCUT2D eigenvalue weighted by Crippen LogP contribution is 2.20. The molecule has 20 heavy (non-hydrogen) atoms. The van der Waals surface area contributed by atoms with Gasteiger partial charge < -0.3 is 5.32 Å². The molecule has 1 N–H and O–H groups in total. The van der Waals surface area contributed by atoms with Crippen LogP contribution in [0.4, 0.5) is 0 Å². The second kappa shape index (κ2) is 5.48. The summed E-state index contributed by atoms with van der Waals surface area (Å²) in [4.78, 5) is 0. The molecule has 1 aliphatic rings. The second-order valence-corrected chi connectivity index (χ2v) is 9.45. The van der Waals surface area contributed by atoms with E-state index in [-0.39, 0.29) is 5.75 Å². The maximum atomic E-state index is 12.1. The van der Waals surface area contributed by atoms with E-state index >= 15 is 0 Å². The highest BCUT2D eigenvalue weighted by atomic mass is 32.2. The van der Waals surface area contributed by atoms with Gasteiger partial charge in [0, 0.05) is 24.3 Å². The predicted molar refractivity (Wildman–Crippen MR) is 80.4 cm³/mol. The third-order valence-electron chi connectivity index (χ3n) is 3.73. The van der Waals surface area contributed by atoms with Crippen LogP contribution in [-0.4, -0.2) is 34.7 Å². The SMILES string of the molecule is Cc1nn(CCS(=O)(=O)C(C)(C)C)cc1CNC1CC1. The molecule has 0 saturated heterocycles. The molecule has 1 heterocycles. The molecule has 1 aliphatic carbocycles. The molecule has 0 bridgehead atoms. The second-order valence-electron chi connectivity index (χ2n) is 6.59. The Bertz CT molecular complexity index is 566. The molecule has 1 aromatic rings. The van der Waals surface area contributed by atoms with Crippen molar-refractivity contribution in [2.75, 3.05) is 5.75 Å². The Morgan fingerprint density at radius 2 is 2.05 bits per heavy atom. The molecule has 1 aromatic heterocycles. The van der Waals surface area contributed by atoms with Gasteiger partial charge in [-0.1, -0.05) is 0 Å². The van der Waals surface area contributed by atoms with Crippen molar-refractivity contribution in [3.05, 3.63) is 17.5 Å². The van der Waals surface area contributed by atoms with Crippen molar-refractivity contribution in [1.82, 2.24) is 15.1 Å². The van der Waals surface area contributed by atoms with E-state index in [1.807, 2.05) is 13.1 Å². The monoisotopic (exact) mass is 299 g/mol. The highest BCUT2D eigenvalue weighted by molar-refractivity contribution is 7.92. The summed E-state index contributed by atoms with van der Waals surface area (Å²) in [6.07, 6.45) is 4.48. The minimum Gasteiger partial charge on any atom is -0.310 e. The fraction of sp³-hybridized carbons (Fsp3) is 0.786. The van der Waals surface area contributed by atoms with Gasteiger partial charge in [0.1, 0.15) is 0 Å². The van der Waals surface area contributed by atoms with Crippen LogP contribution < -0.4 is 5.32 Å². The molecule has 0 aliphatic heterocycles. The van der Waals surface area contributed by atoms with Crippen LogP contribution in [0, 0.1) is 6.92 Å². The first kappa shape index (κ1) is 15.5. The van der Waals surface area contributed by atoms with E-state index in [4.69, 9.17) is 0 Å². The summed E-state index contributed by atoms with van der Waals surface area (Å²) >= 11 is 0. The summed E-state index contributed by atoms with van der Waals surface area (Å²) in [5, 5.41) is 7.86. The number of nitrogens with one attached hydrogen (secondary N) is 1. The molecule has 114 valence electrons. The molecule has 1 fully saturated rings. The Hall–Kier alpha value is -0.880. The van der Waals surface area contributed by atoms with E-state index in [2.05, 4.69) is 10.4 Å². The lowest BCUT2D eigenvalue weighted by atomic mass is 10.2. The van der Waals surface area contributed by atoms with Crippen molar-refractivity contribution in [3.63, 3.8) is 0 Å². The van der Waals surface area contributed by atoms with Crippen LogP contribution in [-0.2, 0) is 22.9 Å². The molecule has 2 rings (SSSR count). The highest BCUT2D eigenvalue weighted by Gasteiger charge is 2.28. The zero-order valence-electron chi connectivity index (χ0n) is 12.8. The summed E-state index contributed by atoms with van der Waals surface area (Å²) < 4.78 is 25.2. The third kappa shape index (κ3) is 3.82. The lowest BCUT2D eigenvalue weighted by Gasteiger charge is -2.18. The van der Waals surface area contributed by atoms with Crippen LogP contribution in [0.3, 0.4) is 0 Å². The van der Waals surface area contributed by atoms with Gasteiger partial charge in [0.05, 0.1) is 22.7 Å². The number of hydrogen-bond acceptors (Lipinski definition) is 4. The topological polar surface area (TPSA) is 64.0 Å². The minimum absolute atomic E-state index is 0.132. The Labute approximate surface area is 121 Å². The van der Waals surface area contributed by atoms with E-state index < -0.39 is 14.6 Å². The summed E-state index contributed by atoms with van der Waals surface area (Å²) in [6, 6.07) is 0.666. The van der Waals surface area contributed by atoms with E-state index in [1.54, 1.807) is 25.5 Å². The third-order valence-corrected chi connectivity index (χ3v) is 6.31. The van der Waals surface area contributed by atoms with Crippen LogP contribution in [0.5, 0.6) is 0 Å². The average molecular weight is 299 g/mol. The Morgan fingerprint density at radius 3 is 2.60 bits per heavy atom. The molecule has 0 aromatic carbocycles. The van der Waals surface area contributed by atoms with Crippen molar-refractivity contribution in [2.24, 2.45) is 0 Å². The van der Waals surface area contributed by atoms with Gasteiger partial charge in [-0.2, -0.15) is 5.10 Å². The quantitative estimate of drug-likeness (QED) is 0.867. The molecule has 6 heteroatoms. The van der Waals surface area contributed by atoms with E-state index in [9.17, 15) is 8.42 Å². The van der Waals surface area contributed by atoms with E-state index in [0.717, 1.165) is 17.8 Å². The Kier molecular flexibility index (Phi) is 4.25. The number of aryl methyl sites for hydroxylation is 2. The fourth-order valence-corrected chi connectivity index (χ4v) is 2.95. The first-order valence-electron chi connectivity index (χ1n) is 7.18. The van der Waals surface area contributed by atoms with Crippen molar-refractivity contribution >= 4 is 9.84 Å². The molecule has 0 unspecified atom stereocenters. The molecule has 0 radical (unpaired) electrons. The average Bonchev–Trinajstić information content (AvgIpc) is 3.07. The Morgan fingerprint density at radius 1 is 1.40 bits per heavy atom. The first-order valence-corrected chi connectivity index (χ1v) is 8.83. The van der Waals surface area contributed by atoms with Gasteiger partial charge in [-0.25, -0.2) is 8.42 Å². The smallest absolute Gasteiger partial charge is 0.157 e. The van der Waals surface area contributed by atoms with E-state index in [1.165, 1.54) is 12.8 Å². The van der Waals surface area contributed by atoms with Crippen LogP contribution in [0.1, 0.15) is 44.9 Å². The standard InChI is InChI=1S/C14H25N3O2S/c1-11-12(9-15-13-5-6-13)10-17(16-11)7-8-20(18,19)14(2,3)4/h10,13,15H,5-9H2,1-4H3. The maximum absolute atomic E-state index is 12.1. The number of hydrogen-bond donors (Lipinski definition) is 1. The number of aromatic nitrogens is 2. The number of rotatable bonds is 6. The largest absolute Gasteiger partial charge is 0.310 e. The van der Waals surface area contributed by atoms with Crippen molar-refractivity contribution < 1.29 is 8.42 Å². The van der Waals surface area contributed by atoms with Gasteiger partial charge in [0.15, 0.2) is 9.84 Å². The molecule has 5 nitrogen and oxygen atoms in total. The summed E-state index contributed by atoms with van der Waals surface area (Å²) in [6.45, 7) is 8.43. The summed E-state index contributed by atoms with van der Waals surface area (Å²) in [7, 11) is -3.09. The van der Waals surface area contributed by atoms with Crippen molar-refractivity contribution in [1.29, 1.82) is 0 Å². The van der Waals surface area contributed by atoms with Crippen LogP contribution in [0.2, 0.25) is 0 Å². The van der Waals surface area contributed by atoms with Gasteiger partial charge in [-0.05, 0) is 40.5 Å². The molecule has 0 spiro atoms. The fourth-order valence-electron chi connectivity index (χ4n) is 1.91. The first-order chi connectivity index (χ1) is 9.19. The van der Waals surface area contributed by atoms with Crippen LogP contribution >= 0.6 is 0 Å². The van der Waals surface area contributed by atoms with Crippen molar-refractivity contribution in [2.45, 2.75) is 64.4 Å². The lowest BCUT2D eigenvalue weighted by molar-refractivity contribution is 0.547.